The van der Waals surface area contributed by atoms with Crippen molar-refractivity contribution >= 4 is 6.41 Å². The second-order valence-corrected chi connectivity index (χ2v) is 2.35. The van der Waals surface area contributed by atoms with Crippen LogP contribution < -0.4 is 0 Å². The largest absolute Gasteiger partial charge is 0.337 e. The lowest BCUT2D eigenvalue weighted by molar-refractivity contribution is -0.133. The first-order chi connectivity index (χ1) is 4.70. The minimum absolute atomic E-state index is 0.0491. The highest BCUT2D eigenvalue weighted by atomic mass is 16.7. The van der Waals surface area contributed by atoms with Gasteiger partial charge in [0.1, 0.15) is 0 Å². The van der Waals surface area contributed by atoms with E-state index in [1.165, 1.54) is 5.06 Å². The number of carbonyl (C=O) groups excluding carboxylic acids is 1. The first kappa shape index (κ1) is 9.43. The highest BCUT2D eigenvalue weighted by Crippen LogP contribution is 1.94. The number of hydrogen-bond donors (Lipinski definition) is 0. The van der Waals surface area contributed by atoms with Gasteiger partial charge in [-0.15, -0.1) is 0 Å². The third-order valence-corrected chi connectivity index (χ3v) is 0.867. The van der Waals surface area contributed by atoms with Crippen molar-refractivity contribution < 1.29 is 9.63 Å². The predicted octanol–water partition coefficient (Wildman–Crippen LogP) is 1.11. The zero-order valence-corrected chi connectivity index (χ0v) is 6.76. The zero-order valence-electron chi connectivity index (χ0n) is 6.76. The topological polar surface area (TPSA) is 29.5 Å². The van der Waals surface area contributed by atoms with E-state index in [-0.39, 0.29) is 6.10 Å². The fourth-order valence-corrected chi connectivity index (χ4v) is 0.577. The maximum Gasteiger partial charge on any atom is 0.337 e. The standard InChI is InChI=1S/C7H14NO2/c1-4-5-8(6-9)10-7(2)3/h7H,4-5H2,1-3H3. The molecule has 0 N–H and O–H groups in total. The number of nitrogens with zero attached hydrogens (tertiary/aromatic N) is 1. The van der Waals surface area contributed by atoms with Crippen LogP contribution in [-0.2, 0) is 9.63 Å². The van der Waals surface area contributed by atoms with Gasteiger partial charge in [0.05, 0.1) is 6.10 Å². The summed E-state index contributed by atoms with van der Waals surface area (Å²) in [4.78, 5) is 15.2. The number of rotatable bonds is 5. The average molecular weight is 144 g/mol. The Hall–Kier alpha value is -0.570. The van der Waals surface area contributed by atoms with E-state index in [4.69, 9.17) is 4.84 Å². The lowest BCUT2D eigenvalue weighted by Gasteiger charge is -2.16. The molecule has 0 saturated heterocycles. The molecular formula is C7H14NO2. The zero-order chi connectivity index (χ0) is 7.98. The molecule has 0 aliphatic carbocycles. The molecule has 0 atom stereocenters. The molecule has 0 aliphatic heterocycles. The van der Waals surface area contributed by atoms with Crippen molar-refractivity contribution in [3.8, 4) is 0 Å². The smallest absolute Gasteiger partial charge is 0.268 e. The fraction of sp³-hybridized carbons (Fsp3) is 0.857. The van der Waals surface area contributed by atoms with Crippen LogP contribution in [-0.4, -0.2) is 24.1 Å². The Labute approximate surface area is 61.9 Å². The van der Waals surface area contributed by atoms with Crippen LogP contribution in [0.1, 0.15) is 27.2 Å². The molecule has 0 aliphatic rings. The predicted molar refractivity (Wildman–Crippen MR) is 38.9 cm³/mol. The summed E-state index contributed by atoms with van der Waals surface area (Å²) in [6.45, 7) is 6.34. The maximum atomic E-state index is 10.1. The molecule has 1 radical (unpaired) electrons. The SMILES string of the molecule is CCCN([C]=O)OC(C)C. The van der Waals surface area contributed by atoms with Gasteiger partial charge in [0, 0.05) is 6.54 Å². The van der Waals surface area contributed by atoms with Gasteiger partial charge in [-0.3, -0.25) is 9.63 Å². The Kier molecular flexibility index (Phi) is 4.94. The van der Waals surface area contributed by atoms with Crippen LogP contribution in [0.3, 0.4) is 0 Å². The Morgan fingerprint density at radius 2 is 2.20 bits per heavy atom. The molecule has 0 heterocycles. The molecule has 0 unspecified atom stereocenters. The summed E-state index contributed by atoms with van der Waals surface area (Å²) in [7, 11) is 0. The van der Waals surface area contributed by atoms with E-state index in [9.17, 15) is 4.79 Å². The van der Waals surface area contributed by atoms with Gasteiger partial charge in [-0.1, -0.05) is 6.92 Å². The summed E-state index contributed by atoms with van der Waals surface area (Å²) in [5.74, 6) is 0. The van der Waals surface area contributed by atoms with E-state index in [1.807, 2.05) is 20.8 Å². The molecule has 0 saturated carbocycles. The fourth-order valence-electron chi connectivity index (χ4n) is 0.577. The lowest BCUT2D eigenvalue weighted by Crippen LogP contribution is -2.26. The van der Waals surface area contributed by atoms with Gasteiger partial charge in [-0.2, -0.15) is 0 Å². The minimum atomic E-state index is 0.0491. The van der Waals surface area contributed by atoms with Gasteiger partial charge in [-0.05, 0) is 20.3 Å². The van der Waals surface area contributed by atoms with Gasteiger partial charge in [0.15, 0.2) is 0 Å². The molecule has 1 amide bonds. The molecule has 59 valence electrons. The van der Waals surface area contributed by atoms with Crippen LogP contribution in [0.4, 0.5) is 0 Å². The van der Waals surface area contributed by atoms with E-state index >= 15 is 0 Å². The summed E-state index contributed by atoms with van der Waals surface area (Å²) >= 11 is 0. The number of hydroxylamine groups is 2. The molecule has 0 spiro atoms. The quantitative estimate of drug-likeness (QED) is 0.427. The highest BCUT2D eigenvalue weighted by molar-refractivity contribution is 5.45. The number of amides is 1. The summed E-state index contributed by atoms with van der Waals surface area (Å²) in [6.07, 6.45) is 2.64. The van der Waals surface area contributed by atoms with Gasteiger partial charge >= 0.3 is 6.41 Å². The molecule has 0 bridgehead atoms. The van der Waals surface area contributed by atoms with Crippen LogP contribution in [0.5, 0.6) is 0 Å². The normalized spacial score (nSPS) is 10.0. The van der Waals surface area contributed by atoms with Crippen molar-refractivity contribution in [1.29, 1.82) is 0 Å². The van der Waals surface area contributed by atoms with Crippen molar-refractivity contribution in [3.05, 3.63) is 0 Å². The third kappa shape index (κ3) is 4.32. The molecule has 0 aromatic carbocycles. The molecular weight excluding hydrogens is 130 g/mol. The second kappa shape index (κ2) is 5.23. The summed E-state index contributed by atoms with van der Waals surface area (Å²) < 4.78 is 0. The summed E-state index contributed by atoms with van der Waals surface area (Å²) in [5.41, 5.74) is 0. The van der Waals surface area contributed by atoms with Crippen LogP contribution in [0.2, 0.25) is 0 Å². The molecule has 3 heteroatoms. The Bertz CT molecular complexity index is 93.6. The third-order valence-electron chi connectivity index (χ3n) is 0.867. The molecule has 10 heavy (non-hydrogen) atoms. The minimum Gasteiger partial charge on any atom is -0.268 e. The van der Waals surface area contributed by atoms with Crippen molar-refractivity contribution in [2.75, 3.05) is 6.54 Å². The first-order valence-corrected chi connectivity index (χ1v) is 3.52. The Morgan fingerprint density at radius 1 is 1.60 bits per heavy atom. The summed E-state index contributed by atoms with van der Waals surface area (Å²) in [6, 6.07) is 0. The van der Waals surface area contributed by atoms with Crippen molar-refractivity contribution in [2.45, 2.75) is 33.3 Å². The first-order valence-electron chi connectivity index (χ1n) is 3.52. The van der Waals surface area contributed by atoms with Gasteiger partial charge in [0.25, 0.3) is 0 Å². The average Bonchev–Trinajstić information content (AvgIpc) is 1.86. The van der Waals surface area contributed by atoms with Crippen molar-refractivity contribution in [1.82, 2.24) is 5.06 Å². The summed E-state index contributed by atoms with van der Waals surface area (Å²) in [5, 5.41) is 1.20. The van der Waals surface area contributed by atoms with Crippen molar-refractivity contribution in [3.63, 3.8) is 0 Å². The lowest BCUT2D eigenvalue weighted by atomic mass is 10.5. The monoisotopic (exact) mass is 144 g/mol. The Balaban J connectivity index is 3.49. The maximum absolute atomic E-state index is 10.1. The van der Waals surface area contributed by atoms with E-state index in [0.29, 0.717) is 6.54 Å². The molecule has 3 nitrogen and oxygen atoms in total. The Morgan fingerprint density at radius 3 is 2.50 bits per heavy atom. The van der Waals surface area contributed by atoms with Gasteiger partial charge in [-0.25, -0.2) is 5.06 Å². The molecule has 0 aromatic heterocycles. The molecule has 0 fully saturated rings. The molecule has 0 rings (SSSR count). The van der Waals surface area contributed by atoms with Crippen LogP contribution in [0, 0.1) is 0 Å². The van der Waals surface area contributed by atoms with Gasteiger partial charge in [0.2, 0.25) is 0 Å². The van der Waals surface area contributed by atoms with E-state index in [2.05, 4.69) is 0 Å². The second-order valence-electron chi connectivity index (χ2n) is 2.35. The molecule has 0 aromatic rings. The van der Waals surface area contributed by atoms with Crippen LogP contribution in [0.25, 0.3) is 0 Å². The van der Waals surface area contributed by atoms with Crippen molar-refractivity contribution in [2.24, 2.45) is 0 Å². The van der Waals surface area contributed by atoms with Crippen LogP contribution in [0.15, 0.2) is 0 Å². The van der Waals surface area contributed by atoms with E-state index < -0.39 is 0 Å². The highest BCUT2D eigenvalue weighted by Gasteiger charge is 2.02. The van der Waals surface area contributed by atoms with Gasteiger partial charge < -0.3 is 0 Å². The van der Waals surface area contributed by atoms with E-state index in [1.54, 1.807) is 6.41 Å². The number of hydrogen-bond acceptors (Lipinski definition) is 2. The van der Waals surface area contributed by atoms with Crippen LogP contribution >= 0.6 is 0 Å². The van der Waals surface area contributed by atoms with E-state index in [0.717, 1.165) is 6.42 Å².